The Morgan fingerprint density at radius 3 is 2.65 bits per heavy atom. The van der Waals surface area contributed by atoms with Gasteiger partial charge in [-0.25, -0.2) is 0 Å². The summed E-state index contributed by atoms with van der Waals surface area (Å²) >= 11 is 1.93. The number of hydrogen-bond donors (Lipinski definition) is 4. The maximum Gasteiger partial charge on any atom is 0.141 e. The van der Waals surface area contributed by atoms with Crippen molar-refractivity contribution in [1.29, 1.82) is 10.8 Å². The van der Waals surface area contributed by atoms with E-state index in [0.717, 1.165) is 18.0 Å². The molecule has 0 radical (unpaired) electrons. The largest absolute Gasteiger partial charge is 0.390 e. The van der Waals surface area contributed by atoms with Crippen molar-refractivity contribution in [1.82, 2.24) is 5.32 Å². The van der Waals surface area contributed by atoms with E-state index in [9.17, 15) is 0 Å². The molecule has 1 aliphatic rings. The molecule has 0 spiro atoms. The third-order valence-electron chi connectivity index (χ3n) is 2.59. The molecule has 0 unspecified atom stereocenters. The topological polar surface area (TPSA) is 98.1 Å². The van der Waals surface area contributed by atoms with Crippen LogP contribution in [0.3, 0.4) is 0 Å². The van der Waals surface area contributed by atoms with Gasteiger partial charge in [0.15, 0.2) is 0 Å². The quantitative estimate of drug-likeness (QED) is 0.245. The number of halogens is 1. The summed E-state index contributed by atoms with van der Waals surface area (Å²) in [5.74, 6) is 5.92. The van der Waals surface area contributed by atoms with Crippen molar-refractivity contribution < 1.29 is 0 Å². The highest BCUT2D eigenvalue weighted by molar-refractivity contribution is 14.1. The van der Waals surface area contributed by atoms with Gasteiger partial charge >= 0.3 is 0 Å². The third-order valence-corrected chi connectivity index (χ3v) is 3.52. The molecule has 0 amide bonds. The Morgan fingerprint density at radius 1 is 1.53 bits per heavy atom. The summed E-state index contributed by atoms with van der Waals surface area (Å²) in [5, 5.41) is 22.1. The highest BCUT2D eigenvalue weighted by Gasteiger charge is 2.20. The first kappa shape index (κ1) is 14.1. The maximum atomic E-state index is 7.77. The molecule has 94 valence electrons. The normalized spacial score (nSPS) is 16.8. The lowest BCUT2D eigenvalue weighted by atomic mass is 10.1. The average Bonchev–Trinajstić information content (AvgIpc) is 3.10. The molecule has 5 nitrogen and oxygen atoms in total. The maximum absolute atomic E-state index is 7.77. The second kappa shape index (κ2) is 6.73. The lowest BCUT2D eigenvalue weighted by Crippen LogP contribution is -2.16. The van der Waals surface area contributed by atoms with E-state index >= 15 is 0 Å². The zero-order valence-corrected chi connectivity index (χ0v) is 12.0. The Morgan fingerprint density at radius 2 is 2.18 bits per heavy atom. The van der Waals surface area contributed by atoms with Crippen LogP contribution in [-0.2, 0) is 0 Å². The molecule has 1 saturated carbocycles. The SMILES string of the molecule is CC(=N)/C(=C\NCC1CC1)CC(=N)/C(I)=N\N. The number of hydrogen-bond acceptors (Lipinski definition) is 5. The first-order valence-corrected chi connectivity index (χ1v) is 6.61. The Bertz CT molecular complexity index is 368. The van der Waals surface area contributed by atoms with E-state index in [-0.39, 0.29) is 0 Å². The van der Waals surface area contributed by atoms with Crippen molar-refractivity contribution in [3.63, 3.8) is 0 Å². The lowest BCUT2D eigenvalue weighted by Gasteiger charge is -2.07. The minimum atomic E-state index is 0.346. The van der Waals surface area contributed by atoms with E-state index in [1.807, 2.05) is 28.8 Å². The van der Waals surface area contributed by atoms with E-state index in [0.29, 0.717) is 21.6 Å². The first-order valence-electron chi connectivity index (χ1n) is 5.53. The summed E-state index contributed by atoms with van der Waals surface area (Å²) in [6, 6.07) is 0. The van der Waals surface area contributed by atoms with Crippen molar-refractivity contribution in [3.8, 4) is 0 Å². The van der Waals surface area contributed by atoms with Gasteiger partial charge in [0.05, 0.1) is 5.71 Å². The summed E-state index contributed by atoms with van der Waals surface area (Å²) in [6.45, 7) is 2.69. The molecule has 0 saturated heterocycles. The Labute approximate surface area is 115 Å². The summed E-state index contributed by atoms with van der Waals surface area (Å²) in [6.07, 6.45) is 4.84. The van der Waals surface area contributed by atoms with E-state index in [4.69, 9.17) is 16.7 Å². The second-order valence-electron chi connectivity index (χ2n) is 4.22. The van der Waals surface area contributed by atoms with Gasteiger partial charge in [-0.15, -0.1) is 0 Å². The summed E-state index contributed by atoms with van der Waals surface area (Å²) in [7, 11) is 0. The van der Waals surface area contributed by atoms with E-state index in [1.54, 1.807) is 6.92 Å². The Hall–Kier alpha value is -0.920. The van der Waals surface area contributed by atoms with Crippen LogP contribution >= 0.6 is 22.6 Å². The minimum absolute atomic E-state index is 0.346. The van der Waals surface area contributed by atoms with Crippen LogP contribution in [0, 0.1) is 16.7 Å². The molecule has 0 aromatic heterocycles. The van der Waals surface area contributed by atoms with Crippen molar-refractivity contribution >= 4 is 37.7 Å². The molecule has 0 aromatic rings. The molecule has 0 aromatic carbocycles. The molecular weight excluding hydrogens is 329 g/mol. The van der Waals surface area contributed by atoms with Crippen molar-refractivity contribution in [2.24, 2.45) is 16.9 Å². The fourth-order valence-electron chi connectivity index (χ4n) is 1.30. The van der Waals surface area contributed by atoms with Gasteiger partial charge in [-0.3, -0.25) is 0 Å². The predicted octanol–water partition coefficient (Wildman–Crippen LogP) is 2.03. The molecule has 1 rings (SSSR count). The van der Waals surface area contributed by atoms with Crippen LogP contribution in [0.25, 0.3) is 0 Å². The van der Waals surface area contributed by atoms with Gasteiger partial charge < -0.3 is 22.0 Å². The van der Waals surface area contributed by atoms with Gasteiger partial charge in [0, 0.05) is 24.9 Å². The number of nitrogens with two attached hydrogens (primary N) is 1. The van der Waals surface area contributed by atoms with Crippen LogP contribution in [0.1, 0.15) is 26.2 Å². The molecule has 17 heavy (non-hydrogen) atoms. The predicted molar refractivity (Wildman–Crippen MR) is 80.2 cm³/mol. The van der Waals surface area contributed by atoms with Gasteiger partial charge in [-0.1, -0.05) is 0 Å². The molecule has 5 N–H and O–H groups in total. The first-order chi connectivity index (χ1) is 8.04. The van der Waals surface area contributed by atoms with Gasteiger partial charge in [0.1, 0.15) is 3.72 Å². The number of allylic oxidation sites excluding steroid dienone is 1. The monoisotopic (exact) mass is 347 g/mol. The standard InChI is InChI=1S/C11H18IN5/c1-7(13)9(4-10(14)11(12)17-15)6-16-5-8-2-3-8/h6,8,13-14,16H,2-5,15H2,1H3/b9-6-,13-7?,14-10?,17-11+. The number of nitrogens with zero attached hydrogens (tertiary/aromatic N) is 1. The molecule has 1 aliphatic carbocycles. The van der Waals surface area contributed by atoms with E-state index in [1.165, 1.54) is 12.8 Å². The zero-order chi connectivity index (χ0) is 12.8. The molecule has 0 aliphatic heterocycles. The Kier molecular flexibility index (Phi) is 5.60. The van der Waals surface area contributed by atoms with Crippen LogP contribution in [0.2, 0.25) is 0 Å². The van der Waals surface area contributed by atoms with Gasteiger partial charge in [0.25, 0.3) is 0 Å². The Balaban J connectivity index is 2.52. The fraction of sp³-hybridized carbons (Fsp3) is 0.545. The zero-order valence-electron chi connectivity index (χ0n) is 9.89. The summed E-state index contributed by atoms with van der Waals surface area (Å²) in [5.41, 5.74) is 1.63. The fourth-order valence-corrected chi connectivity index (χ4v) is 1.49. The third kappa shape index (κ3) is 5.29. The number of hydrazone groups is 1. The molecule has 0 atom stereocenters. The summed E-state index contributed by atoms with van der Waals surface area (Å²) in [4.78, 5) is 0. The molecule has 6 heteroatoms. The lowest BCUT2D eigenvalue weighted by molar-refractivity contribution is 0.744. The van der Waals surface area contributed by atoms with E-state index in [2.05, 4.69) is 10.4 Å². The smallest absolute Gasteiger partial charge is 0.141 e. The molecule has 1 fully saturated rings. The highest BCUT2D eigenvalue weighted by atomic mass is 127. The van der Waals surface area contributed by atoms with Gasteiger partial charge in [0.2, 0.25) is 0 Å². The van der Waals surface area contributed by atoms with Crippen LogP contribution < -0.4 is 11.2 Å². The van der Waals surface area contributed by atoms with E-state index < -0.39 is 0 Å². The van der Waals surface area contributed by atoms with Gasteiger partial charge in [-0.05, 0) is 53.8 Å². The number of rotatable bonds is 7. The molecular formula is C11H18IN5. The summed E-state index contributed by atoms with van der Waals surface area (Å²) < 4.78 is 0.483. The van der Waals surface area contributed by atoms with Crippen LogP contribution in [0.5, 0.6) is 0 Å². The van der Waals surface area contributed by atoms with Crippen LogP contribution in [0.4, 0.5) is 0 Å². The second-order valence-corrected chi connectivity index (χ2v) is 5.24. The van der Waals surface area contributed by atoms with Crippen molar-refractivity contribution in [3.05, 3.63) is 11.8 Å². The number of nitrogens with one attached hydrogen (secondary N) is 3. The minimum Gasteiger partial charge on any atom is -0.390 e. The van der Waals surface area contributed by atoms with Crippen molar-refractivity contribution in [2.45, 2.75) is 26.2 Å². The van der Waals surface area contributed by atoms with Crippen LogP contribution in [0.15, 0.2) is 16.9 Å². The van der Waals surface area contributed by atoms with Crippen LogP contribution in [-0.4, -0.2) is 21.7 Å². The molecule has 0 bridgehead atoms. The molecule has 0 heterocycles. The average molecular weight is 347 g/mol. The van der Waals surface area contributed by atoms with Gasteiger partial charge in [-0.2, -0.15) is 5.10 Å². The highest BCUT2D eigenvalue weighted by Crippen LogP contribution is 2.27. The van der Waals surface area contributed by atoms with Crippen molar-refractivity contribution in [2.75, 3.05) is 6.54 Å².